The van der Waals surface area contributed by atoms with Crippen molar-refractivity contribution in [3.8, 4) is 11.6 Å². The Morgan fingerprint density at radius 3 is 2.72 bits per heavy atom. The number of halogens is 2. The molecule has 10 heteroatoms. The van der Waals surface area contributed by atoms with E-state index in [1.807, 2.05) is 0 Å². The van der Waals surface area contributed by atoms with Gasteiger partial charge in [-0.05, 0) is 26.0 Å². The summed E-state index contributed by atoms with van der Waals surface area (Å²) in [6.45, 7) is 3.33. The van der Waals surface area contributed by atoms with E-state index in [2.05, 4.69) is 15.3 Å². The van der Waals surface area contributed by atoms with Crippen LogP contribution in [0.4, 0.5) is 14.9 Å². The lowest BCUT2D eigenvalue weighted by Gasteiger charge is -2.15. The molecule has 2 aromatic rings. The van der Waals surface area contributed by atoms with Crippen molar-refractivity contribution in [1.29, 1.82) is 0 Å². The largest absolute Gasteiger partial charge is 0.435 e. The zero-order chi connectivity index (χ0) is 18.6. The van der Waals surface area contributed by atoms with Gasteiger partial charge in [0.05, 0.1) is 7.11 Å². The maximum atomic E-state index is 14.3. The molecule has 0 aliphatic rings. The van der Waals surface area contributed by atoms with E-state index in [1.165, 1.54) is 30.6 Å². The fourth-order valence-electron chi connectivity index (χ4n) is 1.78. The summed E-state index contributed by atoms with van der Waals surface area (Å²) in [6, 6.07) is 3.57. The SMILES string of the molecule is COSN(C)C(=O)Nc1ccc(Oc2nc(C)nc(Cl)c2C)c(F)c1. The second-order valence-corrected chi connectivity index (χ2v) is 6.30. The van der Waals surface area contributed by atoms with Gasteiger partial charge in [-0.25, -0.2) is 18.5 Å². The molecule has 0 atom stereocenters. The molecule has 0 saturated carbocycles. The van der Waals surface area contributed by atoms with E-state index in [4.69, 9.17) is 20.5 Å². The minimum Gasteiger partial charge on any atom is -0.435 e. The summed E-state index contributed by atoms with van der Waals surface area (Å²) >= 11 is 6.82. The molecule has 7 nitrogen and oxygen atoms in total. The van der Waals surface area contributed by atoms with E-state index in [0.29, 0.717) is 11.4 Å². The Labute approximate surface area is 153 Å². The molecule has 2 amide bonds. The van der Waals surface area contributed by atoms with Crippen LogP contribution in [0.2, 0.25) is 5.15 Å². The number of ether oxygens (including phenoxy) is 1. The van der Waals surface area contributed by atoms with Crippen LogP contribution < -0.4 is 10.1 Å². The molecular formula is C15H16ClFN4O3S. The maximum Gasteiger partial charge on any atom is 0.333 e. The fourth-order valence-corrected chi connectivity index (χ4v) is 2.32. The summed E-state index contributed by atoms with van der Waals surface area (Å²) in [5.74, 6) is -0.125. The van der Waals surface area contributed by atoms with Gasteiger partial charge in [0.25, 0.3) is 0 Å². The lowest BCUT2D eigenvalue weighted by molar-refractivity contribution is 0.241. The second-order valence-electron chi connectivity index (χ2n) is 4.91. The molecule has 25 heavy (non-hydrogen) atoms. The Bertz CT molecular complexity index is 794. The average Bonchev–Trinajstić information content (AvgIpc) is 2.54. The third-order valence-electron chi connectivity index (χ3n) is 3.02. The van der Waals surface area contributed by atoms with Crippen LogP contribution in [-0.2, 0) is 4.18 Å². The van der Waals surface area contributed by atoms with E-state index in [9.17, 15) is 9.18 Å². The topological polar surface area (TPSA) is 76.6 Å². The van der Waals surface area contributed by atoms with Crippen molar-refractivity contribution in [2.45, 2.75) is 13.8 Å². The Hall–Kier alpha value is -2.10. The first-order valence-electron chi connectivity index (χ1n) is 7.05. The van der Waals surface area contributed by atoms with Gasteiger partial charge in [-0.3, -0.25) is 4.18 Å². The van der Waals surface area contributed by atoms with Crippen molar-refractivity contribution in [3.63, 3.8) is 0 Å². The molecule has 134 valence electrons. The number of urea groups is 1. The number of nitrogens with zero attached hydrogens (tertiary/aromatic N) is 3. The Balaban J connectivity index is 2.16. The molecule has 2 rings (SSSR count). The minimum atomic E-state index is -0.661. The Morgan fingerprint density at radius 1 is 1.36 bits per heavy atom. The summed E-state index contributed by atoms with van der Waals surface area (Å²) in [4.78, 5) is 19.9. The summed E-state index contributed by atoms with van der Waals surface area (Å²) in [6.07, 6.45) is 0. The first kappa shape index (κ1) is 19.2. The number of aromatic nitrogens is 2. The van der Waals surface area contributed by atoms with Crippen LogP contribution in [0.5, 0.6) is 11.6 Å². The van der Waals surface area contributed by atoms with E-state index in [-0.39, 0.29) is 22.5 Å². The summed E-state index contributed by atoms with van der Waals surface area (Å²) < 4.78 is 25.7. The van der Waals surface area contributed by atoms with Crippen LogP contribution >= 0.6 is 23.8 Å². The maximum absolute atomic E-state index is 14.3. The first-order chi connectivity index (χ1) is 11.8. The molecule has 0 unspecified atom stereocenters. The highest BCUT2D eigenvalue weighted by Crippen LogP contribution is 2.30. The first-order valence-corrected chi connectivity index (χ1v) is 8.13. The zero-order valence-electron chi connectivity index (χ0n) is 14.0. The van der Waals surface area contributed by atoms with Gasteiger partial charge in [-0.1, -0.05) is 11.6 Å². The summed E-state index contributed by atoms with van der Waals surface area (Å²) in [7, 11) is 2.95. The number of carbonyl (C=O) groups excluding carboxylic acids is 1. The predicted octanol–water partition coefficient (Wildman–Crippen LogP) is 4.35. The quantitative estimate of drug-likeness (QED) is 0.467. The van der Waals surface area contributed by atoms with Crippen LogP contribution in [0.15, 0.2) is 18.2 Å². The third-order valence-corrected chi connectivity index (χ3v) is 3.92. The van der Waals surface area contributed by atoms with E-state index in [0.717, 1.165) is 18.3 Å². The van der Waals surface area contributed by atoms with Gasteiger partial charge in [0.15, 0.2) is 11.6 Å². The monoisotopic (exact) mass is 386 g/mol. The average molecular weight is 387 g/mol. The van der Waals surface area contributed by atoms with Crippen LogP contribution in [0, 0.1) is 19.7 Å². The van der Waals surface area contributed by atoms with Crippen molar-refractivity contribution < 1.29 is 18.1 Å². The number of amides is 2. The fraction of sp³-hybridized carbons (Fsp3) is 0.267. The number of anilines is 1. The number of nitrogens with one attached hydrogen (secondary N) is 1. The molecule has 0 aliphatic carbocycles. The Morgan fingerprint density at radius 2 is 2.08 bits per heavy atom. The van der Waals surface area contributed by atoms with Gasteiger partial charge in [-0.15, -0.1) is 0 Å². The highest BCUT2D eigenvalue weighted by Gasteiger charge is 2.14. The molecule has 0 aliphatic heterocycles. The molecule has 1 aromatic carbocycles. The minimum absolute atomic E-state index is 0.0464. The van der Waals surface area contributed by atoms with Crippen LogP contribution in [0.3, 0.4) is 0 Å². The smallest absolute Gasteiger partial charge is 0.333 e. The van der Waals surface area contributed by atoms with Gasteiger partial charge in [-0.2, -0.15) is 4.98 Å². The van der Waals surface area contributed by atoms with Gasteiger partial charge in [0.2, 0.25) is 5.88 Å². The van der Waals surface area contributed by atoms with Crippen molar-refractivity contribution in [2.24, 2.45) is 0 Å². The molecule has 1 heterocycles. The second kappa shape index (κ2) is 8.32. The lowest BCUT2D eigenvalue weighted by atomic mass is 10.3. The van der Waals surface area contributed by atoms with Crippen LogP contribution in [-0.4, -0.2) is 34.5 Å². The number of aryl methyl sites for hydroxylation is 1. The normalized spacial score (nSPS) is 10.5. The van der Waals surface area contributed by atoms with E-state index < -0.39 is 11.8 Å². The molecule has 0 saturated heterocycles. The van der Waals surface area contributed by atoms with E-state index in [1.54, 1.807) is 13.8 Å². The number of hydrogen-bond acceptors (Lipinski definition) is 6. The van der Waals surface area contributed by atoms with Crippen molar-refractivity contribution >= 4 is 35.5 Å². The highest BCUT2D eigenvalue weighted by molar-refractivity contribution is 7.92. The van der Waals surface area contributed by atoms with Gasteiger partial charge in [0, 0.05) is 24.4 Å². The lowest BCUT2D eigenvalue weighted by Crippen LogP contribution is -2.25. The van der Waals surface area contributed by atoms with Crippen LogP contribution in [0.25, 0.3) is 0 Å². The van der Waals surface area contributed by atoms with Gasteiger partial charge in [0.1, 0.15) is 23.2 Å². The number of benzene rings is 1. The van der Waals surface area contributed by atoms with Crippen LogP contribution in [0.1, 0.15) is 11.4 Å². The highest BCUT2D eigenvalue weighted by atomic mass is 35.5. The van der Waals surface area contributed by atoms with Crippen molar-refractivity contribution in [2.75, 3.05) is 19.5 Å². The molecule has 1 N–H and O–H groups in total. The molecule has 0 radical (unpaired) electrons. The van der Waals surface area contributed by atoms with Gasteiger partial charge >= 0.3 is 6.03 Å². The van der Waals surface area contributed by atoms with E-state index >= 15 is 0 Å². The molecule has 0 bridgehead atoms. The number of rotatable bonds is 5. The standard InChI is InChI=1S/C15H16ClFN4O3S/c1-8-13(16)18-9(2)19-14(8)24-12-6-5-10(7-11(12)17)20-15(22)21(3)25-23-4/h5-7H,1-4H3,(H,20,22). The third kappa shape index (κ3) is 4.94. The molecular weight excluding hydrogens is 371 g/mol. The molecule has 0 spiro atoms. The molecule has 1 aromatic heterocycles. The van der Waals surface area contributed by atoms with Gasteiger partial charge < -0.3 is 10.1 Å². The summed E-state index contributed by atoms with van der Waals surface area (Å²) in [5.41, 5.74) is 0.772. The molecule has 0 fully saturated rings. The number of carbonyl (C=O) groups is 1. The Kier molecular flexibility index (Phi) is 6.40. The van der Waals surface area contributed by atoms with Crippen molar-refractivity contribution in [3.05, 3.63) is 40.6 Å². The zero-order valence-corrected chi connectivity index (χ0v) is 15.5. The summed E-state index contributed by atoms with van der Waals surface area (Å²) in [5, 5.41) is 2.77. The predicted molar refractivity (Wildman–Crippen MR) is 94.4 cm³/mol. The van der Waals surface area contributed by atoms with Crippen molar-refractivity contribution in [1.82, 2.24) is 14.3 Å². The number of hydrogen-bond donors (Lipinski definition) is 1.